The summed E-state index contributed by atoms with van der Waals surface area (Å²) in [7, 11) is 0. The minimum Gasteiger partial charge on any atom is -0.329 e. The van der Waals surface area contributed by atoms with Gasteiger partial charge in [-0.15, -0.1) is 0 Å². The maximum atomic E-state index is 11.8. The summed E-state index contributed by atoms with van der Waals surface area (Å²) >= 11 is 0. The van der Waals surface area contributed by atoms with Gasteiger partial charge in [-0.3, -0.25) is 14.7 Å². The molecule has 2 aromatic rings. The molecule has 2 fully saturated rings. The average molecular weight is 321 g/mol. The summed E-state index contributed by atoms with van der Waals surface area (Å²) < 4.78 is 0. The first kappa shape index (κ1) is 14.9. The van der Waals surface area contributed by atoms with E-state index in [1.54, 1.807) is 0 Å². The quantitative estimate of drug-likeness (QED) is 0.884. The molecular weight excluding hydrogens is 302 g/mol. The third kappa shape index (κ3) is 2.56. The minimum atomic E-state index is -0.271. The predicted octanol–water partition coefficient (Wildman–Crippen LogP) is 2.77. The molecule has 3 amide bonds. The Balaban J connectivity index is 1.53. The molecule has 1 aromatic heterocycles. The molecule has 1 saturated carbocycles. The molecule has 0 bridgehead atoms. The molecule has 0 spiro atoms. The van der Waals surface area contributed by atoms with E-state index < -0.39 is 0 Å². The zero-order valence-electron chi connectivity index (χ0n) is 13.7. The number of rotatable bonds is 3. The van der Waals surface area contributed by atoms with E-state index in [-0.39, 0.29) is 30.4 Å². The van der Waals surface area contributed by atoms with E-state index >= 15 is 0 Å². The molecular formula is C19H19N3O2. The molecule has 5 heteroatoms. The lowest BCUT2D eigenvalue weighted by atomic mass is 10.0. The lowest BCUT2D eigenvalue weighted by molar-refractivity contribution is -0.125. The van der Waals surface area contributed by atoms with Crippen LogP contribution in [0.3, 0.4) is 0 Å². The maximum Gasteiger partial charge on any atom is 0.324 e. The van der Waals surface area contributed by atoms with Crippen molar-refractivity contribution in [2.75, 3.05) is 6.54 Å². The SMILES string of the molecule is Cc1cc(C)cc(-c2ccc([C@H]3C[C@@H]3N3C(=O)CNC3=O)cn2)c1. The van der Waals surface area contributed by atoms with Gasteiger partial charge >= 0.3 is 6.03 Å². The molecule has 1 aliphatic carbocycles. The van der Waals surface area contributed by atoms with Crippen LogP contribution in [0.25, 0.3) is 11.3 Å². The standard InChI is InChI=1S/C19H19N3O2/c1-11-5-12(2)7-14(6-11)16-4-3-13(9-20-16)15-8-17(15)22-18(23)10-21-19(22)24/h3-7,9,15,17H,8,10H2,1-2H3,(H,21,24)/t15-,17+/m1/s1. The van der Waals surface area contributed by atoms with E-state index in [1.165, 1.54) is 16.0 Å². The second kappa shape index (κ2) is 5.44. The van der Waals surface area contributed by atoms with Gasteiger partial charge < -0.3 is 5.32 Å². The van der Waals surface area contributed by atoms with Crippen molar-refractivity contribution in [1.29, 1.82) is 0 Å². The number of hydrogen-bond donors (Lipinski definition) is 1. The van der Waals surface area contributed by atoms with Crippen LogP contribution in [-0.4, -0.2) is 34.4 Å². The fraction of sp³-hybridized carbons (Fsp3) is 0.316. The number of carbonyl (C=O) groups is 2. The number of nitrogens with zero attached hydrogens (tertiary/aromatic N) is 2. The van der Waals surface area contributed by atoms with Crippen molar-refractivity contribution in [3.8, 4) is 11.3 Å². The lowest BCUT2D eigenvalue weighted by Crippen LogP contribution is -2.33. The third-order valence-corrected chi connectivity index (χ3v) is 4.70. The molecule has 24 heavy (non-hydrogen) atoms. The van der Waals surface area contributed by atoms with Crippen molar-refractivity contribution >= 4 is 11.9 Å². The molecule has 1 aromatic carbocycles. The van der Waals surface area contributed by atoms with Gasteiger partial charge in [0.2, 0.25) is 5.91 Å². The maximum absolute atomic E-state index is 11.8. The summed E-state index contributed by atoms with van der Waals surface area (Å²) in [6, 6.07) is 10.2. The van der Waals surface area contributed by atoms with Crippen LogP contribution < -0.4 is 5.32 Å². The number of benzene rings is 1. The number of urea groups is 1. The Morgan fingerprint density at radius 1 is 1.12 bits per heavy atom. The van der Waals surface area contributed by atoms with Crippen LogP contribution in [0.2, 0.25) is 0 Å². The molecule has 2 atom stereocenters. The van der Waals surface area contributed by atoms with Crippen molar-refractivity contribution < 1.29 is 9.59 Å². The molecule has 122 valence electrons. The van der Waals surface area contributed by atoms with Crippen molar-refractivity contribution in [2.24, 2.45) is 0 Å². The van der Waals surface area contributed by atoms with Crippen molar-refractivity contribution in [3.05, 3.63) is 53.2 Å². The zero-order valence-corrected chi connectivity index (χ0v) is 13.7. The van der Waals surface area contributed by atoms with Gasteiger partial charge in [0, 0.05) is 23.7 Å². The van der Waals surface area contributed by atoms with Gasteiger partial charge in [0.25, 0.3) is 0 Å². The molecule has 1 N–H and O–H groups in total. The van der Waals surface area contributed by atoms with Crippen LogP contribution in [0.15, 0.2) is 36.5 Å². The molecule has 0 radical (unpaired) electrons. The number of imide groups is 1. The van der Waals surface area contributed by atoms with E-state index in [1.807, 2.05) is 12.3 Å². The van der Waals surface area contributed by atoms with Crippen molar-refractivity contribution in [2.45, 2.75) is 32.2 Å². The van der Waals surface area contributed by atoms with Crippen LogP contribution in [0.4, 0.5) is 4.79 Å². The predicted molar refractivity (Wildman–Crippen MR) is 90.5 cm³/mol. The molecule has 1 aliphatic heterocycles. The van der Waals surface area contributed by atoms with Gasteiger partial charge in [-0.05, 0) is 44.0 Å². The van der Waals surface area contributed by atoms with Crippen LogP contribution in [-0.2, 0) is 4.79 Å². The minimum absolute atomic E-state index is 0.0196. The number of pyridine rings is 1. The number of aryl methyl sites for hydroxylation is 2. The summed E-state index contributed by atoms with van der Waals surface area (Å²) in [5, 5.41) is 2.58. The zero-order chi connectivity index (χ0) is 16.8. The van der Waals surface area contributed by atoms with Gasteiger partial charge in [-0.1, -0.05) is 23.3 Å². The van der Waals surface area contributed by atoms with Crippen LogP contribution in [0.1, 0.15) is 29.0 Å². The van der Waals surface area contributed by atoms with Crippen LogP contribution in [0.5, 0.6) is 0 Å². The fourth-order valence-corrected chi connectivity index (χ4v) is 3.51. The summed E-state index contributed by atoms with van der Waals surface area (Å²) in [5.74, 6) is 0.0749. The third-order valence-electron chi connectivity index (χ3n) is 4.70. The van der Waals surface area contributed by atoms with Gasteiger partial charge in [-0.25, -0.2) is 4.79 Å². The highest BCUT2D eigenvalue weighted by Gasteiger charge is 2.49. The summed E-state index contributed by atoms with van der Waals surface area (Å²) in [4.78, 5) is 29.4. The highest BCUT2D eigenvalue weighted by molar-refractivity contribution is 6.02. The first-order chi connectivity index (χ1) is 11.5. The topological polar surface area (TPSA) is 62.3 Å². The normalized spacial score (nSPS) is 22.7. The molecule has 2 heterocycles. The van der Waals surface area contributed by atoms with Gasteiger partial charge in [0.05, 0.1) is 12.2 Å². The largest absolute Gasteiger partial charge is 0.329 e. The Morgan fingerprint density at radius 2 is 1.88 bits per heavy atom. The Hall–Kier alpha value is -2.69. The van der Waals surface area contributed by atoms with Gasteiger partial charge in [0.15, 0.2) is 0 Å². The first-order valence-electron chi connectivity index (χ1n) is 8.17. The molecule has 5 nitrogen and oxygen atoms in total. The summed E-state index contributed by atoms with van der Waals surface area (Å²) in [6.07, 6.45) is 2.69. The number of carbonyl (C=O) groups excluding carboxylic acids is 2. The lowest BCUT2D eigenvalue weighted by Gasteiger charge is -2.12. The summed E-state index contributed by atoms with van der Waals surface area (Å²) in [6.45, 7) is 4.28. The van der Waals surface area contributed by atoms with Crippen molar-refractivity contribution in [1.82, 2.24) is 15.2 Å². The second-order valence-corrected chi connectivity index (χ2v) is 6.69. The Kier molecular flexibility index (Phi) is 3.37. The van der Waals surface area contributed by atoms with E-state index in [9.17, 15) is 9.59 Å². The monoisotopic (exact) mass is 321 g/mol. The highest BCUT2D eigenvalue weighted by atomic mass is 16.2. The number of amides is 3. The van der Waals surface area contributed by atoms with E-state index in [4.69, 9.17) is 0 Å². The molecule has 0 unspecified atom stereocenters. The van der Waals surface area contributed by atoms with Gasteiger partial charge in [-0.2, -0.15) is 0 Å². The molecule has 2 aliphatic rings. The smallest absolute Gasteiger partial charge is 0.324 e. The number of nitrogens with one attached hydrogen (secondary N) is 1. The second-order valence-electron chi connectivity index (χ2n) is 6.69. The van der Waals surface area contributed by atoms with Gasteiger partial charge in [0.1, 0.15) is 0 Å². The number of hydrogen-bond acceptors (Lipinski definition) is 3. The first-order valence-corrected chi connectivity index (χ1v) is 8.17. The average Bonchev–Trinajstić information content (AvgIpc) is 3.25. The van der Waals surface area contributed by atoms with E-state index in [0.29, 0.717) is 0 Å². The van der Waals surface area contributed by atoms with Crippen LogP contribution in [0, 0.1) is 13.8 Å². The molecule has 4 rings (SSSR count). The highest BCUT2D eigenvalue weighted by Crippen LogP contribution is 2.45. The van der Waals surface area contributed by atoms with Crippen LogP contribution >= 0.6 is 0 Å². The Morgan fingerprint density at radius 3 is 2.46 bits per heavy atom. The van der Waals surface area contributed by atoms with Crippen molar-refractivity contribution in [3.63, 3.8) is 0 Å². The Labute approximate surface area is 140 Å². The summed E-state index contributed by atoms with van der Waals surface area (Å²) in [5.41, 5.74) is 5.58. The Bertz CT molecular complexity index is 793. The number of aromatic nitrogens is 1. The van der Waals surface area contributed by atoms with E-state index in [0.717, 1.165) is 23.2 Å². The fourth-order valence-electron chi connectivity index (χ4n) is 3.51. The van der Waals surface area contributed by atoms with E-state index in [2.05, 4.69) is 48.4 Å². The molecule has 1 saturated heterocycles.